The van der Waals surface area contributed by atoms with Gasteiger partial charge in [-0.3, -0.25) is 0 Å². The van der Waals surface area contributed by atoms with Gasteiger partial charge < -0.3 is 14.6 Å². The molecule has 0 bridgehead atoms. The molecule has 0 spiro atoms. The predicted molar refractivity (Wildman–Crippen MR) is 63.9 cm³/mol. The van der Waals surface area contributed by atoms with E-state index in [2.05, 4.69) is 4.74 Å². The van der Waals surface area contributed by atoms with Crippen LogP contribution in [0.25, 0.3) is 0 Å². The Balaban J connectivity index is 1.99. The zero-order valence-electron chi connectivity index (χ0n) is 9.46. The number of carbonyl (C=O) groups is 1. The van der Waals surface area contributed by atoms with Gasteiger partial charge in [0.1, 0.15) is 0 Å². The van der Waals surface area contributed by atoms with E-state index in [0.717, 1.165) is 18.1 Å². The molecule has 1 aliphatic rings. The minimum absolute atomic E-state index is 0.520. The highest BCUT2D eigenvalue weighted by molar-refractivity contribution is 8.00. The zero-order chi connectivity index (χ0) is 12.3. The third kappa shape index (κ3) is 3.00. The largest absolute Gasteiger partial charge is 0.467 e. The van der Waals surface area contributed by atoms with Gasteiger partial charge in [0.25, 0.3) is 0 Å². The zero-order valence-corrected chi connectivity index (χ0v) is 10.3. The first-order valence-electron chi connectivity index (χ1n) is 5.31. The fourth-order valence-corrected chi connectivity index (χ4v) is 2.46. The van der Waals surface area contributed by atoms with Crippen LogP contribution >= 0.6 is 11.8 Å². The fourth-order valence-electron chi connectivity index (χ4n) is 1.45. The van der Waals surface area contributed by atoms with Crippen molar-refractivity contribution >= 4 is 17.7 Å². The standard InChI is InChI=1S/C12H14O4S/c1-15-12(14)11(13)8-2-4-9(5-3-8)17-10-6-16-7-10/h2-5,10-11,13H,6-7H2,1H3. The molecule has 1 unspecified atom stereocenters. The average molecular weight is 254 g/mol. The third-order valence-corrected chi connectivity index (χ3v) is 3.68. The van der Waals surface area contributed by atoms with Gasteiger partial charge >= 0.3 is 5.97 Å². The van der Waals surface area contributed by atoms with Crippen LogP contribution in [0.3, 0.4) is 0 Å². The quantitative estimate of drug-likeness (QED) is 0.823. The molecule has 0 radical (unpaired) electrons. The monoisotopic (exact) mass is 254 g/mol. The Bertz CT molecular complexity index is 386. The highest BCUT2D eigenvalue weighted by atomic mass is 32.2. The molecule has 0 saturated carbocycles. The normalized spacial score (nSPS) is 17.3. The van der Waals surface area contributed by atoms with Crippen LogP contribution in [-0.4, -0.2) is 36.6 Å². The first-order chi connectivity index (χ1) is 8.20. The van der Waals surface area contributed by atoms with Crippen LogP contribution in [0.5, 0.6) is 0 Å². The molecule has 1 saturated heterocycles. The summed E-state index contributed by atoms with van der Waals surface area (Å²) in [6, 6.07) is 7.27. The van der Waals surface area contributed by atoms with Crippen molar-refractivity contribution in [3.05, 3.63) is 29.8 Å². The second kappa shape index (κ2) is 5.53. The Morgan fingerprint density at radius 2 is 2.12 bits per heavy atom. The van der Waals surface area contributed by atoms with Crippen LogP contribution in [0.15, 0.2) is 29.2 Å². The SMILES string of the molecule is COC(=O)C(O)c1ccc(SC2COC2)cc1. The van der Waals surface area contributed by atoms with E-state index in [1.165, 1.54) is 7.11 Å². The summed E-state index contributed by atoms with van der Waals surface area (Å²) in [4.78, 5) is 12.2. The lowest BCUT2D eigenvalue weighted by Crippen LogP contribution is -2.29. The number of hydrogen-bond donors (Lipinski definition) is 1. The van der Waals surface area contributed by atoms with Crippen LogP contribution < -0.4 is 0 Å². The number of rotatable bonds is 4. The van der Waals surface area contributed by atoms with Crippen LogP contribution in [0.2, 0.25) is 0 Å². The van der Waals surface area contributed by atoms with Gasteiger partial charge in [0.2, 0.25) is 0 Å². The number of thioether (sulfide) groups is 1. The molecule has 1 N–H and O–H groups in total. The minimum Gasteiger partial charge on any atom is -0.467 e. The fraction of sp³-hybridized carbons (Fsp3) is 0.417. The van der Waals surface area contributed by atoms with Crippen LogP contribution in [0, 0.1) is 0 Å². The maximum atomic E-state index is 11.1. The van der Waals surface area contributed by atoms with Gasteiger partial charge in [-0.05, 0) is 17.7 Å². The summed E-state index contributed by atoms with van der Waals surface area (Å²) in [5, 5.41) is 10.1. The Kier molecular flexibility index (Phi) is 4.04. The lowest BCUT2D eigenvalue weighted by molar-refractivity contribution is -0.150. The first-order valence-corrected chi connectivity index (χ1v) is 6.19. The second-order valence-corrected chi connectivity index (χ2v) is 5.15. The van der Waals surface area contributed by atoms with Crippen molar-refractivity contribution in [3.8, 4) is 0 Å². The number of aliphatic hydroxyl groups is 1. The molecule has 5 heteroatoms. The van der Waals surface area contributed by atoms with Crippen molar-refractivity contribution in [2.24, 2.45) is 0 Å². The molecular weight excluding hydrogens is 240 g/mol. The van der Waals surface area contributed by atoms with Gasteiger partial charge in [-0.2, -0.15) is 0 Å². The van der Waals surface area contributed by atoms with Gasteiger partial charge in [-0.25, -0.2) is 4.79 Å². The van der Waals surface area contributed by atoms with Gasteiger partial charge in [0, 0.05) is 4.90 Å². The van der Waals surface area contributed by atoms with Crippen molar-refractivity contribution in [3.63, 3.8) is 0 Å². The maximum absolute atomic E-state index is 11.1. The summed E-state index contributed by atoms with van der Waals surface area (Å²) < 4.78 is 9.57. The molecule has 4 nitrogen and oxygen atoms in total. The van der Waals surface area contributed by atoms with Crippen molar-refractivity contribution in [1.29, 1.82) is 0 Å². The number of esters is 1. The van der Waals surface area contributed by atoms with Gasteiger partial charge in [-0.15, -0.1) is 11.8 Å². The minimum atomic E-state index is -1.20. The summed E-state index contributed by atoms with van der Waals surface area (Å²) >= 11 is 1.74. The van der Waals surface area contributed by atoms with Crippen LogP contribution in [0.4, 0.5) is 0 Å². The molecule has 1 atom stereocenters. The Hall–Kier alpha value is -1.04. The topological polar surface area (TPSA) is 55.8 Å². The highest BCUT2D eigenvalue weighted by Gasteiger charge is 2.20. The van der Waals surface area contributed by atoms with Crippen molar-refractivity contribution < 1.29 is 19.4 Å². The van der Waals surface area contributed by atoms with E-state index < -0.39 is 12.1 Å². The number of carbonyl (C=O) groups excluding carboxylic acids is 1. The predicted octanol–water partition coefficient (Wildman–Crippen LogP) is 1.38. The molecule has 0 aliphatic carbocycles. The molecular formula is C12H14O4S. The summed E-state index contributed by atoms with van der Waals surface area (Å²) in [7, 11) is 1.26. The molecule has 1 aromatic rings. The Morgan fingerprint density at radius 3 is 2.59 bits per heavy atom. The molecule has 0 amide bonds. The van der Waals surface area contributed by atoms with E-state index >= 15 is 0 Å². The number of ether oxygens (including phenoxy) is 2. The number of hydrogen-bond acceptors (Lipinski definition) is 5. The second-order valence-electron chi connectivity index (χ2n) is 3.77. The third-order valence-electron chi connectivity index (χ3n) is 2.53. The molecule has 1 heterocycles. The molecule has 17 heavy (non-hydrogen) atoms. The van der Waals surface area contributed by atoms with Crippen molar-refractivity contribution in [2.75, 3.05) is 20.3 Å². The van der Waals surface area contributed by atoms with E-state index in [4.69, 9.17) is 4.74 Å². The first kappa shape index (κ1) is 12.4. The van der Waals surface area contributed by atoms with Gasteiger partial charge in [-0.1, -0.05) is 12.1 Å². The van der Waals surface area contributed by atoms with E-state index in [-0.39, 0.29) is 0 Å². The Labute approximate surface area is 104 Å². The summed E-state index contributed by atoms with van der Waals surface area (Å²) in [5.74, 6) is -0.641. The lowest BCUT2D eigenvalue weighted by atomic mass is 10.1. The Morgan fingerprint density at radius 1 is 1.47 bits per heavy atom. The van der Waals surface area contributed by atoms with E-state index in [1.54, 1.807) is 23.9 Å². The summed E-state index contributed by atoms with van der Waals surface area (Å²) in [6.45, 7) is 1.58. The molecule has 1 aliphatic heterocycles. The smallest absolute Gasteiger partial charge is 0.339 e. The molecule has 0 aromatic heterocycles. The highest BCUT2D eigenvalue weighted by Crippen LogP contribution is 2.28. The van der Waals surface area contributed by atoms with E-state index in [0.29, 0.717) is 10.8 Å². The summed E-state index contributed by atoms with van der Waals surface area (Å²) in [6.07, 6.45) is -1.20. The van der Waals surface area contributed by atoms with E-state index in [9.17, 15) is 9.90 Å². The van der Waals surface area contributed by atoms with Gasteiger partial charge in [0.05, 0.1) is 25.6 Å². The van der Waals surface area contributed by atoms with Crippen LogP contribution in [0.1, 0.15) is 11.7 Å². The number of methoxy groups -OCH3 is 1. The molecule has 1 fully saturated rings. The lowest BCUT2D eigenvalue weighted by Gasteiger charge is -2.25. The van der Waals surface area contributed by atoms with E-state index in [1.807, 2.05) is 12.1 Å². The maximum Gasteiger partial charge on any atom is 0.339 e. The molecule has 2 rings (SSSR count). The number of aliphatic hydroxyl groups excluding tert-OH is 1. The molecule has 1 aromatic carbocycles. The summed E-state index contributed by atoms with van der Waals surface area (Å²) in [5.41, 5.74) is 0.547. The van der Waals surface area contributed by atoms with Crippen molar-refractivity contribution in [1.82, 2.24) is 0 Å². The molecule has 92 valence electrons. The van der Waals surface area contributed by atoms with Gasteiger partial charge in [0.15, 0.2) is 6.10 Å². The number of benzene rings is 1. The van der Waals surface area contributed by atoms with Crippen LogP contribution in [-0.2, 0) is 14.3 Å². The van der Waals surface area contributed by atoms with Crippen molar-refractivity contribution in [2.45, 2.75) is 16.2 Å². The average Bonchev–Trinajstić information content (AvgIpc) is 2.32.